The van der Waals surface area contributed by atoms with Crippen LogP contribution in [0.3, 0.4) is 0 Å². The Kier molecular flexibility index (Phi) is 3.35. The smallest absolute Gasteiger partial charge is 0.266 e. The summed E-state index contributed by atoms with van der Waals surface area (Å²) in [5.41, 5.74) is 1.10. The van der Waals surface area contributed by atoms with Crippen molar-refractivity contribution in [1.29, 1.82) is 0 Å². The van der Waals surface area contributed by atoms with E-state index in [9.17, 15) is 9.59 Å². The molecule has 2 atom stereocenters. The number of amides is 1. The minimum atomic E-state index is -1.15. The minimum Gasteiger partial charge on any atom is -0.332 e. The maximum atomic E-state index is 13.6. The number of likely N-dealkylation sites (N-methyl/N-ethyl adjacent to an activating group) is 1. The van der Waals surface area contributed by atoms with Gasteiger partial charge in [0.2, 0.25) is 5.72 Å². The molecule has 1 saturated heterocycles. The zero-order valence-corrected chi connectivity index (χ0v) is 16.1. The maximum Gasteiger partial charge on any atom is 0.266 e. The molecule has 0 aliphatic carbocycles. The molecule has 30 heavy (non-hydrogen) atoms. The van der Waals surface area contributed by atoms with E-state index in [1.807, 2.05) is 54.6 Å². The van der Waals surface area contributed by atoms with Crippen LogP contribution < -0.4 is 5.56 Å². The van der Waals surface area contributed by atoms with E-state index in [0.29, 0.717) is 28.0 Å². The minimum absolute atomic E-state index is 0.210. The van der Waals surface area contributed by atoms with Gasteiger partial charge in [0.15, 0.2) is 5.82 Å². The molecule has 3 heterocycles. The van der Waals surface area contributed by atoms with Gasteiger partial charge >= 0.3 is 0 Å². The van der Waals surface area contributed by atoms with Crippen molar-refractivity contribution in [3.05, 3.63) is 106 Å². The third kappa shape index (κ3) is 2.08. The number of benzene rings is 3. The molecule has 1 spiro atoms. The van der Waals surface area contributed by atoms with Gasteiger partial charge in [0, 0.05) is 7.05 Å². The number of carbonyl (C=O) groups excluding carboxylic acids is 1. The van der Waals surface area contributed by atoms with Crippen LogP contribution in [-0.2, 0) is 10.5 Å². The molecule has 0 unspecified atom stereocenters. The number of hydrogen-bond donors (Lipinski definition) is 0. The molecule has 0 radical (unpaired) electrons. The lowest BCUT2D eigenvalue weighted by Gasteiger charge is -2.24. The van der Waals surface area contributed by atoms with Crippen molar-refractivity contribution >= 4 is 16.8 Å². The number of epoxide rings is 1. The van der Waals surface area contributed by atoms with Crippen molar-refractivity contribution in [2.75, 3.05) is 7.05 Å². The van der Waals surface area contributed by atoms with Crippen LogP contribution in [0.25, 0.3) is 16.6 Å². The van der Waals surface area contributed by atoms with Gasteiger partial charge in [-0.25, -0.2) is 4.98 Å². The quantitative estimate of drug-likeness (QED) is 0.463. The molecule has 1 fully saturated rings. The average molecular weight is 395 g/mol. The highest BCUT2D eigenvalue weighted by atomic mass is 16.6. The Morgan fingerprint density at radius 2 is 1.60 bits per heavy atom. The van der Waals surface area contributed by atoms with Crippen molar-refractivity contribution in [2.24, 2.45) is 0 Å². The van der Waals surface area contributed by atoms with Crippen molar-refractivity contribution in [3.63, 3.8) is 0 Å². The molecule has 2 aliphatic heterocycles. The lowest BCUT2D eigenvalue weighted by molar-refractivity contribution is 0.0516. The molecule has 0 bridgehead atoms. The standard InChI is InChI=1S/C24H17N3O3/c1-26-21(28)17-12-6-8-14-19(17)27-22(29)16-11-5-7-13-18(16)25-23(27)24(26)20(30-24)15-9-3-2-4-10-15/h2-14,20H,1H3/t20-,24+/m0/s1. The summed E-state index contributed by atoms with van der Waals surface area (Å²) >= 11 is 0. The molecule has 6 rings (SSSR count). The first-order valence-corrected chi connectivity index (χ1v) is 9.75. The topological polar surface area (TPSA) is 67.7 Å². The van der Waals surface area contributed by atoms with Gasteiger partial charge in [-0.2, -0.15) is 0 Å². The number of hydrogen-bond acceptors (Lipinski definition) is 4. The highest BCUT2D eigenvalue weighted by Crippen LogP contribution is 2.59. The van der Waals surface area contributed by atoms with E-state index in [1.54, 1.807) is 40.8 Å². The van der Waals surface area contributed by atoms with E-state index >= 15 is 0 Å². The summed E-state index contributed by atoms with van der Waals surface area (Å²) in [4.78, 5) is 33.5. The molecule has 6 heteroatoms. The monoisotopic (exact) mass is 395 g/mol. The second kappa shape index (κ2) is 5.87. The first-order chi connectivity index (χ1) is 14.6. The van der Waals surface area contributed by atoms with E-state index in [2.05, 4.69) is 0 Å². The third-order valence-corrected chi connectivity index (χ3v) is 5.97. The Morgan fingerprint density at radius 1 is 0.900 bits per heavy atom. The van der Waals surface area contributed by atoms with Crippen LogP contribution >= 0.6 is 0 Å². The molecular weight excluding hydrogens is 378 g/mol. The van der Waals surface area contributed by atoms with Crippen molar-refractivity contribution < 1.29 is 9.53 Å². The maximum absolute atomic E-state index is 13.6. The Bertz CT molecular complexity index is 1400. The van der Waals surface area contributed by atoms with Gasteiger partial charge in [-0.1, -0.05) is 54.6 Å². The highest BCUT2D eigenvalue weighted by Gasteiger charge is 2.67. The summed E-state index contributed by atoms with van der Waals surface area (Å²) in [6.45, 7) is 0. The predicted molar refractivity (Wildman–Crippen MR) is 111 cm³/mol. The molecule has 2 aliphatic rings. The van der Waals surface area contributed by atoms with Gasteiger partial charge in [-0.15, -0.1) is 0 Å². The summed E-state index contributed by atoms with van der Waals surface area (Å²) in [5.74, 6) is 0.207. The second-order valence-electron chi connectivity index (χ2n) is 7.58. The Morgan fingerprint density at radius 3 is 2.43 bits per heavy atom. The molecular formula is C24H17N3O3. The van der Waals surface area contributed by atoms with Crippen LogP contribution in [0.5, 0.6) is 0 Å². The predicted octanol–water partition coefficient (Wildman–Crippen LogP) is 3.40. The van der Waals surface area contributed by atoms with Gasteiger partial charge in [-0.05, 0) is 29.8 Å². The van der Waals surface area contributed by atoms with E-state index < -0.39 is 11.8 Å². The van der Waals surface area contributed by atoms with E-state index in [4.69, 9.17) is 9.72 Å². The summed E-state index contributed by atoms with van der Waals surface area (Å²) in [7, 11) is 1.71. The van der Waals surface area contributed by atoms with Crippen molar-refractivity contribution in [2.45, 2.75) is 11.8 Å². The van der Waals surface area contributed by atoms with Crippen LogP contribution in [-0.4, -0.2) is 27.4 Å². The number of ether oxygens (including phenoxy) is 1. The Labute approximate surface area is 172 Å². The van der Waals surface area contributed by atoms with Crippen LogP contribution in [0.15, 0.2) is 83.7 Å². The van der Waals surface area contributed by atoms with Gasteiger partial charge in [0.25, 0.3) is 11.5 Å². The van der Waals surface area contributed by atoms with Gasteiger partial charge in [0.05, 0.1) is 22.2 Å². The number of rotatable bonds is 1. The normalized spacial score (nSPS) is 22.0. The first-order valence-electron chi connectivity index (χ1n) is 9.75. The fourth-order valence-electron chi connectivity index (χ4n) is 4.42. The van der Waals surface area contributed by atoms with Crippen molar-refractivity contribution in [1.82, 2.24) is 14.5 Å². The van der Waals surface area contributed by atoms with E-state index in [0.717, 1.165) is 5.56 Å². The fraction of sp³-hybridized carbons (Fsp3) is 0.125. The summed E-state index contributed by atoms with van der Waals surface area (Å²) in [5, 5.41) is 0.500. The number of aromatic nitrogens is 2. The van der Waals surface area contributed by atoms with Crippen molar-refractivity contribution in [3.8, 4) is 5.69 Å². The number of para-hydroxylation sites is 2. The van der Waals surface area contributed by atoms with Gasteiger partial charge in [0.1, 0.15) is 6.10 Å². The number of nitrogens with zero attached hydrogens (tertiary/aromatic N) is 3. The zero-order valence-electron chi connectivity index (χ0n) is 16.1. The van der Waals surface area contributed by atoms with Crippen LogP contribution in [0.2, 0.25) is 0 Å². The van der Waals surface area contributed by atoms with Crippen LogP contribution in [0.1, 0.15) is 27.8 Å². The molecule has 6 nitrogen and oxygen atoms in total. The molecule has 1 aromatic heterocycles. The number of fused-ring (bicyclic) bond motifs is 5. The lowest BCUT2D eigenvalue weighted by Crippen LogP contribution is -2.40. The largest absolute Gasteiger partial charge is 0.332 e. The number of carbonyl (C=O) groups is 1. The van der Waals surface area contributed by atoms with Crippen LogP contribution in [0, 0.1) is 0 Å². The van der Waals surface area contributed by atoms with Gasteiger partial charge < -0.3 is 9.64 Å². The Balaban J connectivity index is 1.73. The summed E-state index contributed by atoms with van der Waals surface area (Å²) < 4.78 is 7.78. The van der Waals surface area contributed by atoms with E-state index in [-0.39, 0.29) is 11.5 Å². The molecule has 0 saturated carbocycles. The van der Waals surface area contributed by atoms with E-state index in [1.165, 1.54) is 0 Å². The van der Waals surface area contributed by atoms with Gasteiger partial charge in [-0.3, -0.25) is 14.2 Å². The molecule has 3 aromatic carbocycles. The summed E-state index contributed by atoms with van der Waals surface area (Å²) in [6, 6.07) is 24.1. The molecule has 146 valence electrons. The lowest BCUT2D eigenvalue weighted by atomic mass is 10.0. The molecule has 4 aromatic rings. The molecule has 1 amide bonds. The molecule has 0 N–H and O–H groups in total. The highest BCUT2D eigenvalue weighted by molar-refractivity contribution is 5.99. The average Bonchev–Trinajstić information content (AvgIpc) is 3.56. The second-order valence-corrected chi connectivity index (χ2v) is 7.58. The van der Waals surface area contributed by atoms with Crippen LogP contribution in [0.4, 0.5) is 0 Å². The SMILES string of the molecule is CN1C(=O)c2ccccc2-n2c(nc3ccccc3c2=O)[C@@]12O[C@H]2c1ccccc1. The fourth-order valence-corrected chi connectivity index (χ4v) is 4.42. The third-order valence-electron chi connectivity index (χ3n) is 5.97. The summed E-state index contributed by atoms with van der Waals surface area (Å²) in [6.07, 6.45) is -0.415. The Hall–Kier alpha value is -3.77. The zero-order chi connectivity index (χ0) is 20.5. The first kappa shape index (κ1) is 17.1.